The number of amides is 1. The van der Waals surface area contributed by atoms with Crippen molar-refractivity contribution in [3.63, 3.8) is 0 Å². The highest BCUT2D eigenvalue weighted by molar-refractivity contribution is 5.79. The number of piperidine rings is 1. The molecule has 1 aliphatic rings. The first-order valence-electron chi connectivity index (χ1n) is 9.85. The lowest BCUT2D eigenvalue weighted by Gasteiger charge is -2.34. The maximum Gasteiger partial charge on any atom is 0.335 e. The Bertz CT molecular complexity index is 973. The molecule has 1 saturated heterocycles. The van der Waals surface area contributed by atoms with Gasteiger partial charge in [-0.15, -0.1) is 0 Å². The third-order valence-corrected chi connectivity index (χ3v) is 5.47. The van der Waals surface area contributed by atoms with Crippen molar-refractivity contribution >= 4 is 11.6 Å². The smallest absolute Gasteiger partial charge is 0.335 e. The van der Waals surface area contributed by atoms with Crippen LogP contribution in [0, 0.1) is 12.8 Å². The average Bonchev–Trinajstić information content (AvgIpc) is 2.74. The molecule has 1 aliphatic heterocycles. The standard InChI is InChI=1S/C21H28N4O4/c1-15-18(24-12-9-16(10-13-24)19(26)22-11-14-29-3)20(27)23(2)21(28)25(15)17-7-5-4-6-8-17/h4-8,16H,9-14H2,1-3H3,(H,22,26). The maximum absolute atomic E-state index is 12.9. The Labute approximate surface area is 169 Å². The molecule has 0 atom stereocenters. The van der Waals surface area contributed by atoms with Crippen LogP contribution >= 0.6 is 0 Å². The van der Waals surface area contributed by atoms with Crippen LogP contribution in [-0.4, -0.2) is 48.4 Å². The van der Waals surface area contributed by atoms with Crippen LogP contribution in [0.3, 0.4) is 0 Å². The van der Waals surface area contributed by atoms with Crippen molar-refractivity contribution in [2.45, 2.75) is 19.8 Å². The molecule has 8 heteroatoms. The lowest BCUT2D eigenvalue weighted by atomic mass is 9.95. The Morgan fingerprint density at radius 1 is 1.17 bits per heavy atom. The third-order valence-electron chi connectivity index (χ3n) is 5.47. The van der Waals surface area contributed by atoms with E-state index in [1.165, 1.54) is 7.05 Å². The Kier molecular flexibility index (Phi) is 6.53. The molecule has 0 bridgehead atoms. The van der Waals surface area contributed by atoms with Gasteiger partial charge in [-0.1, -0.05) is 18.2 Å². The maximum atomic E-state index is 12.9. The molecule has 1 aromatic heterocycles. The zero-order valence-electron chi connectivity index (χ0n) is 17.2. The number of rotatable bonds is 6. The zero-order valence-corrected chi connectivity index (χ0v) is 17.2. The summed E-state index contributed by atoms with van der Waals surface area (Å²) in [6.07, 6.45) is 1.32. The number of hydrogen-bond acceptors (Lipinski definition) is 5. The van der Waals surface area contributed by atoms with Gasteiger partial charge in [0.05, 0.1) is 18.0 Å². The van der Waals surface area contributed by atoms with Crippen molar-refractivity contribution in [2.75, 3.05) is 38.3 Å². The predicted octanol–water partition coefficient (Wildman–Crippen LogP) is 0.824. The van der Waals surface area contributed by atoms with E-state index in [4.69, 9.17) is 4.74 Å². The minimum atomic E-state index is -0.366. The molecule has 0 saturated carbocycles. The zero-order chi connectivity index (χ0) is 21.0. The molecule has 1 aromatic carbocycles. The molecule has 1 amide bonds. The molecule has 0 spiro atoms. The number of nitrogens with one attached hydrogen (secondary N) is 1. The average molecular weight is 400 g/mol. The summed E-state index contributed by atoms with van der Waals surface area (Å²) >= 11 is 0. The molecule has 2 aromatic rings. The number of aromatic nitrogens is 2. The van der Waals surface area contributed by atoms with Gasteiger partial charge >= 0.3 is 5.69 Å². The summed E-state index contributed by atoms with van der Waals surface area (Å²) in [5.41, 5.74) is 1.19. The van der Waals surface area contributed by atoms with Gasteiger partial charge in [-0.25, -0.2) is 4.79 Å². The topological polar surface area (TPSA) is 85.6 Å². The van der Waals surface area contributed by atoms with Gasteiger partial charge in [0, 0.05) is 39.7 Å². The SMILES string of the molecule is COCCNC(=O)C1CCN(c2c(C)n(-c3ccccc3)c(=O)n(C)c2=O)CC1. The molecule has 29 heavy (non-hydrogen) atoms. The molecule has 3 rings (SSSR count). The number of carbonyl (C=O) groups excluding carboxylic acids is 1. The number of nitrogens with zero attached hydrogens (tertiary/aromatic N) is 3. The molecule has 2 heterocycles. The quantitative estimate of drug-likeness (QED) is 0.726. The van der Waals surface area contributed by atoms with Gasteiger partial charge < -0.3 is 15.0 Å². The Balaban J connectivity index is 1.85. The highest BCUT2D eigenvalue weighted by Crippen LogP contribution is 2.24. The molecule has 1 fully saturated rings. The molecule has 0 aliphatic carbocycles. The van der Waals surface area contributed by atoms with Crippen LogP contribution in [0.4, 0.5) is 5.69 Å². The second-order valence-electron chi connectivity index (χ2n) is 7.30. The fourth-order valence-corrected chi connectivity index (χ4v) is 3.83. The minimum absolute atomic E-state index is 0.0283. The summed E-state index contributed by atoms with van der Waals surface area (Å²) in [5.74, 6) is -0.0483. The second kappa shape index (κ2) is 9.09. The van der Waals surface area contributed by atoms with Crippen LogP contribution in [0.15, 0.2) is 39.9 Å². The van der Waals surface area contributed by atoms with E-state index in [9.17, 15) is 14.4 Å². The van der Waals surface area contributed by atoms with Gasteiger partial charge in [-0.2, -0.15) is 0 Å². The first-order chi connectivity index (χ1) is 14.0. The van der Waals surface area contributed by atoms with Crippen molar-refractivity contribution in [3.05, 3.63) is 56.9 Å². The predicted molar refractivity (Wildman–Crippen MR) is 112 cm³/mol. The highest BCUT2D eigenvalue weighted by atomic mass is 16.5. The Morgan fingerprint density at radius 3 is 2.45 bits per heavy atom. The number of carbonyl (C=O) groups is 1. The molecule has 0 radical (unpaired) electrons. The van der Waals surface area contributed by atoms with E-state index >= 15 is 0 Å². The summed E-state index contributed by atoms with van der Waals surface area (Å²) in [6, 6.07) is 9.30. The van der Waals surface area contributed by atoms with E-state index in [0.717, 1.165) is 10.3 Å². The fourth-order valence-electron chi connectivity index (χ4n) is 3.83. The third kappa shape index (κ3) is 4.27. The highest BCUT2D eigenvalue weighted by Gasteiger charge is 2.28. The van der Waals surface area contributed by atoms with E-state index in [-0.39, 0.29) is 23.1 Å². The van der Waals surface area contributed by atoms with E-state index in [0.29, 0.717) is 50.5 Å². The van der Waals surface area contributed by atoms with Crippen molar-refractivity contribution in [2.24, 2.45) is 13.0 Å². The lowest BCUT2D eigenvalue weighted by Crippen LogP contribution is -2.47. The molecular formula is C21H28N4O4. The first kappa shape index (κ1) is 20.9. The number of anilines is 1. The molecule has 8 nitrogen and oxygen atoms in total. The monoisotopic (exact) mass is 400 g/mol. The van der Waals surface area contributed by atoms with Gasteiger partial charge in [0.1, 0.15) is 5.69 Å². The van der Waals surface area contributed by atoms with Gasteiger partial charge in [-0.3, -0.25) is 18.7 Å². The number of benzene rings is 1. The number of ether oxygens (including phenoxy) is 1. The van der Waals surface area contributed by atoms with E-state index in [1.807, 2.05) is 35.2 Å². The van der Waals surface area contributed by atoms with E-state index in [2.05, 4.69) is 5.32 Å². The lowest BCUT2D eigenvalue weighted by molar-refractivity contribution is -0.125. The molecule has 1 N–H and O–H groups in total. The van der Waals surface area contributed by atoms with E-state index in [1.54, 1.807) is 18.6 Å². The second-order valence-corrected chi connectivity index (χ2v) is 7.30. The van der Waals surface area contributed by atoms with Crippen LogP contribution in [0.1, 0.15) is 18.5 Å². The van der Waals surface area contributed by atoms with Gasteiger partial charge in [-0.05, 0) is 31.9 Å². The number of methoxy groups -OCH3 is 1. The van der Waals surface area contributed by atoms with Crippen LogP contribution < -0.4 is 21.5 Å². The largest absolute Gasteiger partial charge is 0.383 e. The summed E-state index contributed by atoms with van der Waals surface area (Å²) in [4.78, 5) is 39.9. The molecular weight excluding hydrogens is 372 g/mol. The van der Waals surface area contributed by atoms with Crippen molar-refractivity contribution in [1.29, 1.82) is 0 Å². The fraction of sp³-hybridized carbons (Fsp3) is 0.476. The first-order valence-corrected chi connectivity index (χ1v) is 9.85. The van der Waals surface area contributed by atoms with Crippen LogP contribution in [0.25, 0.3) is 5.69 Å². The van der Waals surface area contributed by atoms with Crippen LogP contribution in [0.5, 0.6) is 0 Å². The Hall–Kier alpha value is -2.87. The van der Waals surface area contributed by atoms with Crippen LogP contribution in [0.2, 0.25) is 0 Å². The van der Waals surface area contributed by atoms with Crippen molar-refractivity contribution in [1.82, 2.24) is 14.5 Å². The number of hydrogen-bond donors (Lipinski definition) is 1. The molecule has 156 valence electrons. The summed E-state index contributed by atoms with van der Waals surface area (Å²) in [6.45, 7) is 3.96. The van der Waals surface area contributed by atoms with Crippen molar-refractivity contribution in [3.8, 4) is 5.69 Å². The van der Waals surface area contributed by atoms with Gasteiger partial charge in [0.2, 0.25) is 5.91 Å². The Morgan fingerprint density at radius 2 is 1.83 bits per heavy atom. The minimum Gasteiger partial charge on any atom is -0.383 e. The van der Waals surface area contributed by atoms with Crippen molar-refractivity contribution < 1.29 is 9.53 Å². The van der Waals surface area contributed by atoms with E-state index < -0.39 is 0 Å². The van der Waals surface area contributed by atoms with Gasteiger partial charge in [0.25, 0.3) is 5.56 Å². The summed E-state index contributed by atoms with van der Waals surface area (Å²) in [7, 11) is 3.10. The summed E-state index contributed by atoms with van der Waals surface area (Å²) < 4.78 is 7.68. The molecule has 0 unspecified atom stereocenters. The number of para-hydroxylation sites is 1. The summed E-state index contributed by atoms with van der Waals surface area (Å²) in [5, 5.41) is 2.88. The van der Waals surface area contributed by atoms with Crippen LogP contribution in [-0.2, 0) is 16.6 Å². The van der Waals surface area contributed by atoms with Gasteiger partial charge in [0.15, 0.2) is 0 Å². The normalized spacial score (nSPS) is 14.8.